The molecule has 6 nitrogen and oxygen atoms in total. The van der Waals surface area contributed by atoms with Crippen LogP contribution in [0, 0.1) is 0 Å². The molecular formula is C13H15N3O3S. The van der Waals surface area contributed by atoms with Crippen LogP contribution in [0.3, 0.4) is 0 Å². The summed E-state index contributed by atoms with van der Waals surface area (Å²) in [4.78, 5) is 34.2. The summed E-state index contributed by atoms with van der Waals surface area (Å²) in [6.07, 6.45) is 2.18. The van der Waals surface area contributed by atoms with Gasteiger partial charge in [-0.3, -0.25) is 14.5 Å². The van der Waals surface area contributed by atoms with Crippen molar-refractivity contribution < 1.29 is 14.7 Å². The zero-order valence-corrected chi connectivity index (χ0v) is 12.1. The van der Waals surface area contributed by atoms with E-state index in [1.54, 1.807) is 11.3 Å². The normalized spacial score (nSPS) is 10.7. The molecule has 2 aromatic rings. The highest BCUT2D eigenvalue weighted by Gasteiger charge is 2.18. The third-order valence-corrected chi connectivity index (χ3v) is 4.08. The van der Waals surface area contributed by atoms with Gasteiger partial charge in [-0.15, -0.1) is 11.3 Å². The quantitative estimate of drug-likeness (QED) is 0.912. The minimum absolute atomic E-state index is 0.105. The van der Waals surface area contributed by atoms with Crippen LogP contribution < -0.4 is 4.90 Å². The molecule has 0 atom stereocenters. The predicted molar refractivity (Wildman–Crippen MR) is 77.1 cm³/mol. The zero-order chi connectivity index (χ0) is 14.7. The molecule has 1 N–H and O–H groups in total. The van der Waals surface area contributed by atoms with E-state index in [-0.39, 0.29) is 18.9 Å². The molecule has 2 rings (SSSR count). The molecule has 0 aliphatic carbocycles. The molecule has 2 heterocycles. The molecule has 0 bridgehead atoms. The number of nitrogens with zero attached hydrogens (tertiary/aromatic N) is 3. The van der Waals surface area contributed by atoms with Crippen LogP contribution in [-0.2, 0) is 16.0 Å². The van der Waals surface area contributed by atoms with Crippen LogP contribution in [0.2, 0.25) is 0 Å². The number of fused-ring (bicyclic) bond motifs is 1. The number of anilines is 1. The number of rotatable bonds is 5. The molecule has 20 heavy (non-hydrogen) atoms. The van der Waals surface area contributed by atoms with Gasteiger partial charge in [-0.05, 0) is 12.5 Å². The number of aryl methyl sites for hydroxylation is 1. The molecule has 2 aromatic heterocycles. The van der Waals surface area contributed by atoms with Gasteiger partial charge >= 0.3 is 5.97 Å². The van der Waals surface area contributed by atoms with Crippen LogP contribution in [0.15, 0.2) is 12.4 Å². The first-order valence-corrected chi connectivity index (χ1v) is 7.08. The molecule has 7 heteroatoms. The third-order valence-electron chi connectivity index (χ3n) is 2.89. The second kappa shape index (κ2) is 5.96. The number of carbonyl (C=O) groups excluding carboxylic acids is 1. The number of hydrogen-bond acceptors (Lipinski definition) is 5. The van der Waals surface area contributed by atoms with Gasteiger partial charge in [0.2, 0.25) is 5.91 Å². The summed E-state index contributed by atoms with van der Waals surface area (Å²) < 4.78 is 0. The van der Waals surface area contributed by atoms with Gasteiger partial charge in [0, 0.05) is 18.3 Å². The summed E-state index contributed by atoms with van der Waals surface area (Å²) in [6.45, 7) is 3.56. The number of aliphatic carboxylic acids is 1. The van der Waals surface area contributed by atoms with Crippen molar-refractivity contribution in [3.63, 3.8) is 0 Å². The first-order chi connectivity index (χ1) is 9.52. The van der Waals surface area contributed by atoms with Crippen molar-refractivity contribution in [2.75, 3.05) is 11.4 Å². The van der Waals surface area contributed by atoms with E-state index in [9.17, 15) is 9.59 Å². The van der Waals surface area contributed by atoms with Crippen molar-refractivity contribution in [1.29, 1.82) is 0 Å². The summed E-state index contributed by atoms with van der Waals surface area (Å²) in [5.74, 6) is -0.684. The fourth-order valence-corrected chi connectivity index (χ4v) is 2.83. The molecule has 0 unspecified atom stereocenters. The van der Waals surface area contributed by atoms with Gasteiger partial charge in [-0.1, -0.05) is 6.92 Å². The summed E-state index contributed by atoms with van der Waals surface area (Å²) in [5, 5.41) is 9.58. The minimum atomic E-state index is -0.943. The van der Waals surface area contributed by atoms with Gasteiger partial charge in [0.15, 0.2) is 0 Å². The van der Waals surface area contributed by atoms with Crippen molar-refractivity contribution in [3.8, 4) is 0 Å². The monoisotopic (exact) mass is 293 g/mol. The van der Waals surface area contributed by atoms with Crippen LogP contribution in [0.25, 0.3) is 10.2 Å². The molecule has 1 amide bonds. The summed E-state index contributed by atoms with van der Waals surface area (Å²) in [5.41, 5.74) is 0. The number of carboxylic acids is 1. The topological polar surface area (TPSA) is 83.4 Å². The molecular weight excluding hydrogens is 278 g/mol. The number of carboxylic acid groups (broad SMARTS) is 1. The van der Waals surface area contributed by atoms with Gasteiger partial charge in [0.1, 0.15) is 17.0 Å². The van der Waals surface area contributed by atoms with Crippen LogP contribution in [0.1, 0.15) is 25.1 Å². The molecule has 0 saturated heterocycles. The van der Waals surface area contributed by atoms with Gasteiger partial charge in [0.25, 0.3) is 0 Å². The largest absolute Gasteiger partial charge is 0.481 e. The number of thiophene rings is 1. The highest BCUT2D eigenvalue weighted by Crippen LogP contribution is 2.30. The minimum Gasteiger partial charge on any atom is -0.481 e. The Bertz CT molecular complexity index is 653. The predicted octanol–water partition coefficient (Wildman–Crippen LogP) is 2.08. The van der Waals surface area contributed by atoms with Crippen molar-refractivity contribution in [2.24, 2.45) is 0 Å². The third kappa shape index (κ3) is 2.93. The Morgan fingerprint density at radius 3 is 2.75 bits per heavy atom. The second-order valence-electron chi connectivity index (χ2n) is 4.30. The summed E-state index contributed by atoms with van der Waals surface area (Å²) in [6, 6.07) is 1.96. The average molecular weight is 293 g/mol. The van der Waals surface area contributed by atoms with E-state index in [2.05, 4.69) is 9.97 Å². The van der Waals surface area contributed by atoms with Crippen LogP contribution in [0.5, 0.6) is 0 Å². The smallest absolute Gasteiger partial charge is 0.305 e. The van der Waals surface area contributed by atoms with E-state index in [1.165, 1.54) is 18.2 Å². The SMILES string of the molecule is CCc1cc2c(N(CCC(=O)O)C(C)=O)ncnc2s1. The Morgan fingerprint density at radius 2 is 2.15 bits per heavy atom. The highest BCUT2D eigenvalue weighted by molar-refractivity contribution is 7.18. The van der Waals surface area contributed by atoms with Crippen molar-refractivity contribution >= 4 is 39.2 Å². The highest BCUT2D eigenvalue weighted by atomic mass is 32.1. The lowest BCUT2D eigenvalue weighted by Gasteiger charge is -2.19. The first-order valence-electron chi connectivity index (χ1n) is 6.26. The lowest BCUT2D eigenvalue weighted by molar-refractivity contribution is -0.136. The standard InChI is InChI=1S/C13H15N3O3S/c1-3-9-6-10-12(14-7-15-13(10)20-9)16(8(2)17)5-4-11(18)19/h6-7H,3-5H2,1-2H3,(H,18,19). The molecule has 0 fully saturated rings. The zero-order valence-electron chi connectivity index (χ0n) is 11.3. The first kappa shape index (κ1) is 14.4. The van der Waals surface area contributed by atoms with Gasteiger partial charge in [0.05, 0.1) is 11.8 Å². The Morgan fingerprint density at radius 1 is 1.40 bits per heavy atom. The Hall–Kier alpha value is -2.02. The van der Waals surface area contributed by atoms with Crippen molar-refractivity contribution in [1.82, 2.24) is 9.97 Å². The lowest BCUT2D eigenvalue weighted by Crippen LogP contribution is -2.31. The molecule has 0 saturated carbocycles. The van der Waals surface area contributed by atoms with Crippen molar-refractivity contribution in [2.45, 2.75) is 26.7 Å². The average Bonchev–Trinajstić information content (AvgIpc) is 2.82. The van der Waals surface area contributed by atoms with E-state index in [0.717, 1.165) is 21.5 Å². The second-order valence-corrected chi connectivity index (χ2v) is 5.41. The maximum atomic E-state index is 11.8. The maximum Gasteiger partial charge on any atom is 0.305 e. The number of aromatic nitrogens is 2. The van der Waals surface area contributed by atoms with E-state index >= 15 is 0 Å². The molecule has 0 spiro atoms. The fraction of sp³-hybridized carbons (Fsp3) is 0.385. The van der Waals surface area contributed by atoms with Gasteiger partial charge in [-0.2, -0.15) is 0 Å². The van der Waals surface area contributed by atoms with Crippen LogP contribution >= 0.6 is 11.3 Å². The molecule has 106 valence electrons. The van der Waals surface area contributed by atoms with Crippen LogP contribution in [-0.4, -0.2) is 33.5 Å². The molecule has 0 aliphatic rings. The number of carbonyl (C=O) groups is 2. The lowest BCUT2D eigenvalue weighted by atomic mass is 10.2. The van der Waals surface area contributed by atoms with E-state index in [0.29, 0.717) is 5.82 Å². The van der Waals surface area contributed by atoms with Crippen molar-refractivity contribution in [3.05, 3.63) is 17.3 Å². The van der Waals surface area contributed by atoms with Gasteiger partial charge < -0.3 is 5.11 Å². The van der Waals surface area contributed by atoms with E-state index < -0.39 is 5.97 Å². The van der Waals surface area contributed by atoms with E-state index in [4.69, 9.17) is 5.11 Å². The van der Waals surface area contributed by atoms with Gasteiger partial charge in [-0.25, -0.2) is 9.97 Å². The number of amides is 1. The summed E-state index contributed by atoms with van der Waals surface area (Å²) in [7, 11) is 0. The fourth-order valence-electron chi connectivity index (χ4n) is 1.90. The number of hydrogen-bond donors (Lipinski definition) is 1. The van der Waals surface area contributed by atoms with Crippen LogP contribution in [0.4, 0.5) is 5.82 Å². The summed E-state index contributed by atoms with van der Waals surface area (Å²) >= 11 is 1.56. The Balaban J connectivity index is 2.44. The molecule has 0 aliphatic heterocycles. The Kier molecular flexibility index (Phi) is 4.29. The molecule has 0 aromatic carbocycles. The molecule has 0 radical (unpaired) electrons. The Labute approximate surface area is 120 Å². The van der Waals surface area contributed by atoms with E-state index in [1.807, 2.05) is 13.0 Å². The maximum absolute atomic E-state index is 11.8.